The molecule has 7 nitrogen and oxygen atoms in total. The predicted octanol–water partition coefficient (Wildman–Crippen LogP) is 0.686. The highest BCUT2D eigenvalue weighted by Crippen LogP contribution is 2.15. The summed E-state index contributed by atoms with van der Waals surface area (Å²) in [5.41, 5.74) is 6.76. The van der Waals surface area contributed by atoms with Crippen molar-refractivity contribution in [3.05, 3.63) is 18.1 Å². The summed E-state index contributed by atoms with van der Waals surface area (Å²) < 4.78 is 0. The number of aromatic nitrogens is 2. The summed E-state index contributed by atoms with van der Waals surface area (Å²) >= 11 is 0. The Labute approximate surface area is 125 Å². The maximum absolute atomic E-state index is 8.76. The minimum atomic E-state index is -0.0433. The van der Waals surface area contributed by atoms with Crippen molar-refractivity contribution >= 4 is 11.7 Å². The van der Waals surface area contributed by atoms with Crippen LogP contribution in [-0.4, -0.2) is 58.1 Å². The van der Waals surface area contributed by atoms with E-state index in [0.717, 1.165) is 50.5 Å². The molecule has 1 saturated heterocycles. The highest BCUT2D eigenvalue weighted by Gasteiger charge is 2.24. The van der Waals surface area contributed by atoms with Gasteiger partial charge < -0.3 is 15.8 Å². The summed E-state index contributed by atoms with van der Waals surface area (Å²) in [5, 5.41) is 11.8. The maximum Gasteiger partial charge on any atom is 0.156 e. The van der Waals surface area contributed by atoms with Crippen LogP contribution in [0.1, 0.15) is 26.0 Å². The number of oxime groups is 1. The largest absolute Gasteiger partial charge is 0.409 e. The fourth-order valence-corrected chi connectivity index (χ4v) is 2.56. The first-order valence-electron chi connectivity index (χ1n) is 7.43. The van der Waals surface area contributed by atoms with Gasteiger partial charge in [-0.1, -0.05) is 18.5 Å². The average molecular weight is 292 g/mol. The fraction of sp³-hybridized carbons (Fsp3) is 0.643. The smallest absolute Gasteiger partial charge is 0.156 e. The monoisotopic (exact) mass is 292 g/mol. The Morgan fingerprint density at radius 3 is 2.71 bits per heavy atom. The molecule has 0 radical (unpaired) electrons. The molecule has 1 unspecified atom stereocenters. The molecule has 21 heavy (non-hydrogen) atoms. The van der Waals surface area contributed by atoms with E-state index in [2.05, 4.69) is 37.9 Å². The highest BCUT2D eigenvalue weighted by molar-refractivity contribution is 5.84. The number of nitrogens with two attached hydrogens (primary N) is 1. The van der Waals surface area contributed by atoms with Crippen LogP contribution < -0.4 is 10.6 Å². The topological polar surface area (TPSA) is 90.9 Å². The number of piperazine rings is 1. The Bertz CT molecular complexity index is 484. The molecule has 0 saturated carbocycles. The second-order valence-electron chi connectivity index (χ2n) is 5.34. The number of amidine groups is 1. The van der Waals surface area contributed by atoms with Gasteiger partial charge in [0.25, 0.3) is 0 Å². The molecule has 1 aliphatic rings. The van der Waals surface area contributed by atoms with Crippen LogP contribution in [0.4, 0.5) is 5.82 Å². The van der Waals surface area contributed by atoms with E-state index in [1.807, 2.05) is 6.92 Å². The molecule has 0 bridgehead atoms. The predicted molar refractivity (Wildman–Crippen MR) is 82.7 cm³/mol. The summed E-state index contributed by atoms with van der Waals surface area (Å²) in [5.74, 6) is 1.25. The van der Waals surface area contributed by atoms with Gasteiger partial charge in [0.05, 0.1) is 6.04 Å². The van der Waals surface area contributed by atoms with Crippen molar-refractivity contribution in [2.24, 2.45) is 10.9 Å². The van der Waals surface area contributed by atoms with Crippen molar-refractivity contribution in [2.45, 2.75) is 32.7 Å². The first-order valence-corrected chi connectivity index (χ1v) is 7.43. The molecule has 0 amide bonds. The SMILES string of the molecule is CCCc1cc(N2CCN(C(C)C(N)=NO)CC2)ncn1. The van der Waals surface area contributed by atoms with Crippen LogP contribution in [0, 0.1) is 0 Å². The number of hydrogen-bond donors (Lipinski definition) is 2. The lowest BCUT2D eigenvalue weighted by Gasteiger charge is -2.38. The van der Waals surface area contributed by atoms with Gasteiger partial charge in [-0.25, -0.2) is 9.97 Å². The molecule has 1 aromatic heterocycles. The average Bonchev–Trinajstić information content (AvgIpc) is 2.54. The van der Waals surface area contributed by atoms with Crippen molar-refractivity contribution in [1.82, 2.24) is 14.9 Å². The molecule has 7 heteroatoms. The normalized spacial score (nSPS) is 18.8. The third-order valence-electron chi connectivity index (χ3n) is 3.94. The molecular weight excluding hydrogens is 268 g/mol. The Balaban J connectivity index is 1.96. The zero-order chi connectivity index (χ0) is 15.2. The Hall–Kier alpha value is -1.89. The standard InChI is InChI=1S/C14H24N6O/c1-3-4-12-9-13(17-10-16-12)20-7-5-19(6-8-20)11(2)14(15)18-21/h9-11,21H,3-8H2,1-2H3,(H2,15,18). The first-order chi connectivity index (χ1) is 10.2. The number of nitrogens with zero attached hydrogens (tertiary/aromatic N) is 5. The molecular formula is C14H24N6O. The number of hydrogen-bond acceptors (Lipinski definition) is 6. The van der Waals surface area contributed by atoms with E-state index >= 15 is 0 Å². The van der Waals surface area contributed by atoms with Crippen LogP contribution >= 0.6 is 0 Å². The lowest BCUT2D eigenvalue weighted by molar-refractivity contribution is 0.230. The summed E-state index contributed by atoms with van der Waals surface area (Å²) in [6.07, 6.45) is 3.71. The Morgan fingerprint density at radius 1 is 1.38 bits per heavy atom. The van der Waals surface area contributed by atoms with Gasteiger partial charge in [-0.05, 0) is 13.3 Å². The second kappa shape index (κ2) is 7.21. The van der Waals surface area contributed by atoms with Gasteiger partial charge in [0.15, 0.2) is 5.84 Å². The third-order valence-corrected chi connectivity index (χ3v) is 3.94. The van der Waals surface area contributed by atoms with Crippen molar-refractivity contribution in [2.75, 3.05) is 31.1 Å². The molecule has 2 rings (SSSR count). The van der Waals surface area contributed by atoms with Gasteiger partial charge in [-0.15, -0.1) is 0 Å². The lowest BCUT2D eigenvalue weighted by Crippen LogP contribution is -2.53. The summed E-state index contributed by atoms with van der Waals surface area (Å²) in [6, 6.07) is 2.03. The molecule has 0 aromatic carbocycles. The molecule has 2 heterocycles. The minimum absolute atomic E-state index is 0.0433. The van der Waals surface area contributed by atoms with Crippen molar-refractivity contribution in [3.63, 3.8) is 0 Å². The number of aryl methyl sites for hydroxylation is 1. The third kappa shape index (κ3) is 3.81. The van der Waals surface area contributed by atoms with Gasteiger partial charge in [0.2, 0.25) is 0 Å². The van der Waals surface area contributed by atoms with E-state index in [9.17, 15) is 0 Å². The lowest BCUT2D eigenvalue weighted by atomic mass is 10.2. The van der Waals surface area contributed by atoms with E-state index in [1.165, 1.54) is 0 Å². The molecule has 116 valence electrons. The van der Waals surface area contributed by atoms with Crippen LogP contribution in [0.15, 0.2) is 17.5 Å². The molecule has 0 spiro atoms. The zero-order valence-electron chi connectivity index (χ0n) is 12.7. The van der Waals surface area contributed by atoms with Crippen LogP contribution in [-0.2, 0) is 6.42 Å². The van der Waals surface area contributed by atoms with Crippen molar-refractivity contribution in [3.8, 4) is 0 Å². The van der Waals surface area contributed by atoms with E-state index in [4.69, 9.17) is 10.9 Å². The van der Waals surface area contributed by atoms with Gasteiger partial charge in [0.1, 0.15) is 12.1 Å². The summed E-state index contributed by atoms with van der Waals surface area (Å²) in [4.78, 5) is 13.1. The summed E-state index contributed by atoms with van der Waals surface area (Å²) in [7, 11) is 0. The van der Waals surface area contributed by atoms with Gasteiger partial charge in [-0.3, -0.25) is 4.90 Å². The molecule has 0 aliphatic carbocycles. The molecule has 1 fully saturated rings. The molecule has 3 N–H and O–H groups in total. The van der Waals surface area contributed by atoms with Crippen LogP contribution in [0.2, 0.25) is 0 Å². The molecule has 1 aliphatic heterocycles. The highest BCUT2D eigenvalue weighted by atomic mass is 16.4. The Kier molecular flexibility index (Phi) is 5.32. The number of anilines is 1. The summed E-state index contributed by atoms with van der Waals surface area (Å²) in [6.45, 7) is 7.59. The molecule has 1 atom stereocenters. The number of rotatable bonds is 5. The van der Waals surface area contributed by atoms with Crippen LogP contribution in [0.5, 0.6) is 0 Å². The Morgan fingerprint density at radius 2 is 2.10 bits per heavy atom. The van der Waals surface area contributed by atoms with E-state index in [-0.39, 0.29) is 11.9 Å². The zero-order valence-corrected chi connectivity index (χ0v) is 12.7. The van der Waals surface area contributed by atoms with E-state index in [1.54, 1.807) is 6.33 Å². The van der Waals surface area contributed by atoms with Gasteiger partial charge in [0, 0.05) is 37.9 Å². The van der Waals surface area contributed by atoms with E-state index in [0.29, 0.717) is 0 Å². The van der Waals surface area contributed by atoms with Crippen molar-refractivity contribution < 1.29 is 5.21 Å². The van der Waals surface area contributed by atoms with Crippen molar-refractivity contribution in [1.29, 1.82) is 0 Å². The first kappa shape index (κ1) is 15.5. The van der Waals surface area contributed by atoms with Crippen LogP contribution in [0.25, 0.3) is 0 Å². The maximum atomic E-state index is 8.76. The minimum Gasteiger partial charge on any atom is -0.409 e. The molecule has 1 aromatic rings. The van der Waals surface area contributed by atoms with Crippen LogP contribution in [0.3, 0.4) is 0 Å². The van der Waals surface area contributed by atoms with E-state index < -0.39 is 0 Å². The fourth-order valence-electron chi connectivity index (χ4n) is 2.56. The second-order valence-corrected chi connectivity index (χ2v) is 5.34. The quantitative estimate of drug-likeness (QED) is 0.359. The van der Waals surface area contributed by atoms with Gasteiger partial charge in [-0.2, -0.15) is 0 Å². The van der Waals surface area contributed by atoms with Gasteiger partial charge >= 0.3 is 0 Å².